The van der Waals surface area contributed by atoms with Crippen LogP contribution in [-0.4, -0.2) is 0 Å². The van der Waals surface area contributed by atoms with E-state index in [9.17, 15) is 0 Å². The molecule has 3 heteroatoms. The van der Waals surface area contributed by atoms with Crippen LogP contribution in [0.5, 0.6) is 0 Å². The third-order valence-corrected chi connectivity index (χ3v) is 12.3. The maximum atomic E-state index is 2.57. The summed E-state index contributed by atoms with van der Waals surface area (Å²) in [5, 5.41) is 0. The molecule has 160 valence electrons. The summed E-state index contributed by atoms with van der Waals surface area (Å²) in [7, 11) is 0. The second kappa shape index (κ2) is 10.4. The Hall–Kier alpha value is 0.423. The Morgan fingerprint density at radius 3 is 1.31 bits per heavy atom. The molecule has 0 aromatic heterocycles. The Labute approximate surface area is 203 Å². The van der Waals surface area contributed by atoms with E-state index in [1.165, 1.54) is 64.2 Å². The van der Waals surface area contributed by atoms with Crippen LogP contribution < -0.4 is 24.8 Å². The zero-order valence-corrected chi connectivity index (χ0v) is 22.8. The topological polar surface area (TPSA) is 0 Å². The van der Waals surface area contributed by atoms with Gasteiger partial charge in [0.15, 0.2) is 0 Å². The largest absolute Gasteiger partial charge is 1.00 e. The van der Waals surface area contributed by atoms with E-state index in [0.29, 0.717) is 10.8 Å². The van der Waals surface area contributed by atoms with E-state index in [2.05, 4.69) is 52.0 Å². The molecule has 0 N–H and O–H groups in total. The Balaban J connectivity index is 0.00000150. The smallest absolute Gasteiger partial charge is 1.00 e. The number of allylic oxidation sites excluding steroid dienone is 8. The fourth-order valence-electron chi connectivity index (χ4n) is 6.69. The van der Waals surface area contributed by atoms with Crippen molar-refractivity contribution in [3.05, 3.63) is 42.0 Å². The quantitative estimate of drug-likeness (QED) is 0.511. The van der Waals surface area contributed by atoms with Crippen molar-refractivity contribution < 1.29 is 48.0 Å². The summed E-state index contributed by atoms with van der Waals surface area (Å²) in [4.78, 5) is 0. The molecule has 0 radical (unpaired) electrons. The van der Waals surface area contributed by atoms with E-state index < -0.39 is 23.2 Å². The van der Waals surface area contributed by atoms with Gasteiger partial charge in [0.05, 0.1) is 0 Å². The van der Waals surface area contributed by atoms with E-state index in [1.54, 1.807) is 0 Å². The second-order valence-electron chi connectivity index (χ2n) is 10.2. The van der Waals surface area contributed by atoms with Gasteiger partial charge in [0.1, 0.15) is 0 Å². The van der Waals surface area contributed by atoms with Crippen LogP contribution in [0, 0.1) is 22.7 Å². The van der Waals surface area contributed by atoms with Crippen molar-refractivity contribution in [1.82, 2.24) is 0 Å². The fraction of sp³-hybridized carbons (Fsp3) is 0.692. The first-order chi connectivity index (χ1) is 13.0. The minimum atomic E-state index is -0.648. The molecule has 0 spiro atoms. The zero-order valence-electron chi connectivity index (χ0n) is 18.8. The molecule has 0 heterocycles. The third kappa shape index (κ3) is 4.50. The van der Waals surface area contributed by atoms with Crippen molar-refractivity contribution >= 4 is 0 Å². The molecule has 0 atom stereocenters. The average Bonchev–Trinajstić information content (AvgIpc) is 3.42. The summed E-state index contributed by atoms with van der Waals surface area (Å²) < 4.78 is 3.87. The predicted octanol–water partition coefficient (Wildman–Crippen LogP) is 1.94. The molecule has 4 rings (SSSR count). The first-order valence-corrected chi connectivity index (χ1v) is 14.0. The van der Waals surface area contributed by atoms with Gasteiger partial charge >= 0.3 is 180 Å². The van der Waals surface area contributed by atoms with Crippen molar-refractivity contribution in [3.8, 4) is 0 Å². The van der Waals surface area contributed by atoms with Gasteiger partial charge in [-0.2, -0.15) is 0 Å². The summed E-state index contributed by atoms with van der Waals surface area (Å²) in [6.45, 7) is 9.95. The Bertz CT molecular complexity index is 636. The number of hydrogen-bond donors (Lipinski definition) is 0. The first-order valence-electron chi connectivity index (χ1n) is 11.6. The molecule has 4 aliphatic rings. The molecule has 0 amide bonds. The predicted molar refractivity (Wildman–Crippen MR) is 113 cm³/mol. The first kappa shape index (κ1) is 25.7. The van der Waals surface area contributed by atoms with Crippen molar-refractivity contribution in [2.45, 2.75) is 91.9 Å². The molecule has 0 unspecified atom stereocenters. The number of rotatable bonds is 6. The molecule has 0 nitrogen and oxygen atoms in total. The van der Waals surface area contributed by atoms with Gasteiger partial charge in [0.2, 0.25) is 0 Å². The minimum Gasteiger partial charge on any atom is -1.00 e. The molecule has 0 aromatic rings. The normalized spacial score (nSPS) is 24.5. The van der Waals surface area contributed by atoms with Crippen LogP contribution in [0.1, 0.15) is 91.9 Å². The molecule has 0 aliphatic heterocycles. The van der Waals surface area contributed by atoms with Crippen molar-refractivity contribution in [2.75, 3.05) is 0 Å². The standard InChI is InChI=1S/2C13H19.2ClH.Zr/c2*1-11(2)13(9-5-6-10-13)12-7-3-4-8-12;;;/h2*3,7,11H,4-6,9-10H2,1-2H3;2*1H;/q;;;;+2/p-2. The van der Waals surface area contributed by atoms with E-state index >= 15 is 0 Å². The van der Waals surface area contributed by atoms with Crippen LogP contribution in [0.2, 0.25) is 0 Å². The van der Waals surface area contributed by atoms with Gasteiger partial charge < -0.3 is 24.8 Å². The van der Waals surface area contributed by atoms with Gasteiger partial charge in [-0.05, 0) is 0 Å². The summed E-state index contributed by atoms with van der Waals surface area (Å²) in [5.41, 5.74) is 4.67. The fourth-order valence-corrected chi connectivity index (χ4v) is 11.0. The number of hydrogen-bond acceptors (Lipinski definition) is 0. The Morgan fingerprint density at radius 2 is 1.00 bits per heavy atom. The summed E-state index contributed by atoms with van der Waals surface area (Å²) >= 11 is -0.648. The van der Waals surface area contributed by atoms with Gasteiger partial charge in [-0.1, -0.05) is 0 Å². The van der Waals surface area contributed by atoms with E-state index in [1.807, 2.05) is 17.7 Å². The van der Waals surface area contributed by atoms with Gasteiger partial charge in [-0.15, -0.1) is 0 Å². The minimum absolute atomic E-state index is 0. The van der Waals surface area contributed by atoms with Crippen LogP contribution in [0.3, 0.4) is 0 Å². The van der Waals surface area contributed by atoms with Crippen LogP contribution in [0.25, 0.3) is 0 Å². The Kier molecular flexibility index (Phi) is 9.17. The molecule has 29 heavy (non-hydrogen) atoms. The Morgan fingerprint density at radius 1 is 0.655 bits per heavy atom. The van der Waals surface area contributed by atoms with E-state index in [0.717, 1.165) is 11.8 Å². The van der Waals surface area contributed by atoms with Crippen molar-refractivity contribution in [2.24, 2.45) is 22.7 Å². The van der Waals surface area contributed by atoms with Crippen molar-refractivity contribution in [3.63, 3.8) is 0 Å². The SMILES string of the molecule is CC(C)C1(C2=[C]([Zr+2][C]3=C(C4(C(C)C)CCCC4)C=CC3)CC=C2)CCCC1.[Cl-].[Cl-]. The van der Waals surface area contributed by atoms with Crippen LogP contribution in [-0.2, 0) is 23.2 Å². The van der Waals surface area contributed by atoms with Crippen molar-refractivity contribution in [1.29, 1.82) is 0 Å². The summed E-state index contributed by atoms with van der Waals surface area (Å²) in [6, 6.07) is 0. The summed E-state index contributed by atoms with van der Waals surface area (Å²) in [6.07, 6.45) is 24.2. The molecular weight excluding hydrogens is 474 g/mol. The van der Waals surface area contributed by atoms with Gasteiger partial charge in [0, 0.05) is 0 Å². The maximum Gasteiger partial charge on any atom is -1.00 e. The monoisotopic (exact) mass is 510 g/mol. The van der Waals surface area contributed by atoms with Gasteiger partial charge in [-0.3, -0.25) is 0 Å². The molecule has 0 bridgehead atoms. The van der Waals surface area contributed by atoms with Crippen LogP contribution in [0.15, 0.2) is 42.0 Å². The number of halogens is 2. The van der Waals surface area contributed by atoms with Gasteiger partial charge in [0.25, 0.3) is 0 Å². The van der Waals surface area contributed by atoms with Crippen LogP contribution in [0.4, 0.5) is 0 Å². The maximum absolute atomic E-state index is 2.57. The van der Waals surface area contributed by atoms with E-state index in [4.69, 9.17) is 0 Å². The summed E-state index contributed by atoms with van der Waals surface area (Å²) in [5.74, 6) is 1.58. The second-order valence-corrected chi connectivity index (χ2v) is 13.7. The van der Waals surface area contributed by atoms with Crippen LogP contribution >= 0.6 is 0 Å². The molecule has 0 saturated heterocycles. The zero-order chi connectivity index (χ0) is 19.1. The molecule has 2 saturated carbocycles. The molecule has 2 fully saturated rings. The average molecular weight is 513 g/mol. The molecule has 0 aromatic carbocycles. The van der Waals surface area contributed by atoms with E-state index in [-0.39, 0.29) is 24.8 Å². The van der Waals surface area contributed by atoms with Gasteiger partial charge in [-0.25, -0.2) is 0 Å². The molecule has 4 aliphatic carbocycles. The third-order valence-electron chi connectivity index (χ3n) is 8.44. The molecular formula is C26H38Cl2Zr.